The van der Waals surface area contributed by atoms with Gasteiger partial charge in [-0.25, -0.2) is 4.21 Å². The third-order valence-corrected chi connectivity index (χ3v) is 1.77. The molecule has 0 aliphatic heterocycles. The van der Waals surface area contributed by atoms with Gasteiger partial charge in [0.15, 0.2) is 0 Å². The SMILES string of the molecule is O=S([O-])OC1=CCCCC1. The van der Waals surface area contributed by atoms with E-state index in [1.54, 1.807) is 0 Å². The monoisotopic (exact) mass is 161 g/mol. The predicted octanol–water partition coefficient (Wildman–Crippen LogP) is 1.26. The van der Waals surface area contributed by atoms with Crippen LogP contribution in [0.15, 0.2) is 11.8 Å². The second-order valence-corrected chi connectivity index (χ2v) is 2.78. The van der Waals surface area contributed by atoms with E-state index in [0.717, 1.165) is 25.7 Å². The molecule has 0 N–H and O–H groups in total. The summed E-state index contributed by atoms with van der Waals surface area (Å²) >= 11 is -2.38. The van der Waals surface area contributed by atoms with Crippen molar-refractivity contribution in [1.29, 1.82) is 0 Å². The Morgan fingerprint density at radius 3 is 2.90 bits per heavy atom. The first-order valence-corrected chi connectivity index (χ1v) is 4.25. The van der Waals surface area contributed by atoms with Crippen molar-refractivity contribution in [2.45, 2.75) is 25.7 Å². The summed E-state index contributed by atoms with van der Waals surface area (Å²) in [5.41, 5.74) is 0. The summed E-state index contributed by atoms with van der Waals surface area (Å²) in [6.07, 6.45) is 5.70. The van der Waals surface area contributed by atoms with Crippen LogP contribution in [-0.2, 0) is 15.5 Å². The highest BCUT2D eigenvalue weighted by Crippen LogP contribution is 2.18. The predicted molar refractivity (Wildman–Crippen MR) is 36.6 cm³/mol. The molecule has 1 aliphatic rings. The Bertz CT molecular complexity index is 164. The van der Waals surface area contributed by atoms with Crippen LogP contribution in [0.3, 0.4) is 0 Å². The molecule has 1 unspecified atom stereocenters. The molecule has 0 heterocycles. The zero-order valence-corrected chi connectivity index (χ0v) is 6.36. The lowest BCUT2D eigenvalue weighted by atomic mass is 10.1. The highest BCUT2D eigenvalue weighted by atomic mass is 32.2. The fraction of sp³-hybridized carbons (Fsp3) is 0.667. The Balaban J connectivity index is 2.38. The normalized spacial score (nSPS) is 21.5. The number of allylic oxidation sites excluding steroid dienone is 2. The van der Waals surface area contributed by atoms with Crippen LogP contribution in [0.1, 0.15) is 25.7 Å². The highest BCUT2D eigenvalue weighted by Gasteiger charge is 2.03. The molecule has 3 nitrogen and oxygen atoms in total. The van der Waals surface area contributed by atoms with Crippen molar-refractivity contribution in [3.63, 3.8) is 0 Å². The molecule has 0 saturated carbocycles. The molecule has 0 fully saturated rings. The van der Waals surface area contributed by atoms with Gasteiger partial charge in [-0.15, -0.1) is 0 Å². The molecule has 0 aromatic heterocycles. The fourth-order valence-corrected chi connectivity index (χ4v) is 1.30. The molecule has 1 rings (SSSR count). The second-order valence-electron chi connectivity index (χ2n) is 2.20. The number of hydrogen-bond acceptors (Lipinski definition) is 3. The lowest BCUT2D eigenvalue weighted by Crippen LogP contribution is -1.99. The van der Waals surface area contributed by atoms with Crippen LogP contribution in [0.5, 0.6) is 0 Å². The van der Waals surface area contributed by atoms with Gasteiger partial charge in [0.1, 0.15) is 17.1 Å². The van der Waals surface area contributed by atoms with Crippen LogP contribution >= 0.6 is 0 Å². The molecule has 0 bridgehead atoms. The molecule has 0 amide bonds. The van der Waals surface area contributed by atoms with Gasteiger partial charge in [0, 0.05) is 6.42 Å². The summed E-state index contributed by atoms with van der Waals surface area (Å²) in [7, 11) is 0. The maximum atomic E-state index is 10.0. The average molecular weight is 161 g/mol. The minimum absolute atomic E-state index is 0.597. The van der Waals surface area contributed by atoms with E-state index >= 15 is 0 Å². The van der Waals surface area contributed by atoms with E-state index in [0.29, 0.717) is 5.76 Å². The molecule has 1 aliphatic carbocycles. The lowest BCUT2D eigenvalue weighted by molar-refractivity contribution is 0.352. The van der Waals surface area contributed by atoms with E-state index in [2.05, 4.69) is 4.18 Å². The van der Waals surface area contributed by atoms with E-state index in [1.165, 1.54) is 0 Å². The van der Waals surface area contributed by atoms with Gasteiger partial charge in [-0.2, -0.15) is 0 Å². The summed E-state index contributed by atoms with van der Waals surface area (Å²) in [5.74, 6) is 0.597. The molecule has 58 valence electrons. The van der Waals surface area contributed by atoms with Crippen molar-refractivity contribution in [3.05, 3.63) is 11.8 Å². The Labute approximate surface area is 62.6 Å². The molecule has 10 heavy (non-hydrogen) atoms. The van der Waals surface area contributed by atoms with Gasteiger partial charge in [-0.05, 0) is 25.3 Å². The van der Waals surface area contributed by atoms with E-state index in [-0.39, 0.29) is 0 Å². The Morgan fingerprint density at radius 1 is 1.60 bits per heavy atom. The van der Waals surface area contributed by atoms with Gasteiger partial charge in [-0.1, -0.05) is 0 Å². The molecule has 0 radical (unpaired) electrons. The largest absolute Gasteiger partial charge is 0.740 e. The maximum absolute atomic E-state index is 10.0. The maximum Gasteiger partial charge on any atom is 0.138 e. The van der Waals surface area contributed by atoms with Gasteiger partial charge < -0.3 is 8.74 Å². The van der Waals surface area contributed by atoms with Crippen LogP contribution in [0.25, 0.3) is 0 Å². The second kappa shape index (κ2) is 3.73. The first kappa shape index (κ1) is 7.75. The van der Waals surface area contributed by atoms with Crippen molar-refractivity contribution in [2.24, 2.45) is 0 Å². The summed E-state index contributed by atoms with van der Waals surface area (Å²) in [5, 5.41) is 0. The van der Waals surface area contributed by atoms with Gasteiger partial charge in [0.05, 0.1) is 0 Å². The first-order valence-electron chi connectivity index (χ1n) is 3.25. The third kappa shape index (κ3) is 2.49. The Morgan fingerprint density at radius 2 is 2.40 bits per heavy atom. The number of hydrogen-bond donors (Lipinski definition) is 0. The van der Waals surface area contributed by atoms with E-state index in [9.17, 15) is 8.76 Å². The quantitative estimate of drug-likeness (QED) is 0.573. The van der Waals surface area contributed by atoms with Crippen LogP contribution in [-0.4, -0.2) is 8.76 Å². The van der Waals surface area contributed by atoms with Crippen LogP contribution in [0.2, 0.25) is 0 Å². The van der Waals surface area contributed by atoms with Gasteiger partial charge in [0.2, 0.25) is 0 Å². The first-order chi connectivity index (χ1) is 4.79. The standard InChI is InChI=1S/C6H10O3S/c7-10(8)9-6-4-2-1-3-5-6/h4H,1-3,5H2,(H,7,8)/p-1. The van der Waals surface area contributed by atoms with E-state index < -0.39 is 11.4 Å². The smallest absolute Gasteiger partial charge is 0.138 e. The van der Waals surface area contributed by atoms with Crippen LogP contribution in [0.4, 0.5) is 0 Å². The number of rotatable bonds is 2. The average Bonchev–Trinajstić information content (AvgIpc) is 1.88. The molecule has 0 aromatic carbocycles. The lowest BCUT2D eigenvalue weighted by Gasteiger charge is -2.14. The zero-order chi connectivity index (χ0) is 7.40. The molecular formula is C6H9O3S-. The highest BCUT2D eigenvalue weighted by molar-refractivity contribution is 7.74. The summed E-state index contributed by atoms with van der Waals surface area (Å²) < 4.78 is 24.5. The Kier molecular flexibility index (Phi) is 2.89. The molecule has 0 spiro atoms. The minimum Gasteiger partial charge on any atom is -0.740 e. The van der Waals surface area contributed by atoms with Gasteiger partial charge in [-0.3, -0.25) is 0 Å². The van der Waals surface area contributed by atoms with Gasteiger partial charge in [0.25, 0.3) is 0 Å². The van der Waals surface area contributed by atoms with Crippen molar-refractivity contribution in [1.82, 2.24) is 0 Å². The molecule has 4 heteroatoms. The topological polar surface area (TPSA) is 49.4 Å². The molecule has 1 atom stereocenters. The van der Waals surface area contributed by atoms with Crippen LogP contribution < -0.4 is 0 Å². The molecule has 0 saturated heterocycles. The molecular weight excluding hydrogens is 152 g/mol. The van der Waals surface area contributed by atoms with Crippen molar-refractivity contribution in [2.75, 3.05) is 0 Å². The minimum atomic E-state index is -2.38. The van der Waals surface area contributed by atoms with Crippen molar-refractivity contribution < 1.29 is 12.9 Å². The van der Waals surface area contributed by atoms with Crippen LogP contribution in [0, 0.1) is 0 Å². The van der Waals surface area contributed by atoms with E-state index in [1.807, 2.05) is 6.08 Å². The van der Waals surface area contributed by atoms with Crippen molar-refractivity contribution in [3.8, 4) is 0 Å². The zero-order valence-electron chi connectivity index (χ0n) is 5.54. The fourth-order valence-electron chi connectivity index (χ4n) is 0.972. The Hall–Kier alpha value is -0.350. The summed E-state index contributed by atoms with van der Waals surface area (Å²) in [6.45, 7) is 0. The third-order valence-electron chi connectivity index (χ3n) is 1.42. The van der Waals surface area contributed by atoms with Gasteiger partial charge >= 0.3 is 0 Å². The van der Waals surface area contributed by atoms with E-state index in [4.69, 9.17) is 0 Å². The summed E-state index contributed by atoms with van der Waals surface area (Å²) in [6, 6.07) is 0. The molecule has 0 aromatic rings. The summed E-state index contributed by atoms with van der Waals surface area (Å²) in [4.78, 5) is 0. The van der Waals surface area contributed by atoms with Crippen molar-refractivity contribution >= 4 is 11.4 Å².